The number of carbonyl (C=O) groups is 2. The summed E-state index contributed by atoms with van der Waals surface area (Å²) in [7, 11) is 0. The van der Waals surface area contributed by atoms with Gasteiger partial charge in [0.1, 0.15) is 5.75 Å². The van der Waals surface area contributed by atoms with Crippen LogP contribution in [0.2, 0.25) is 0 Å². The molecule has 0 bridgehead atoms. The number of hydrogen-bond acceptors (Lipinski definition) is 4. The second kappa shape index (κ2) is 10.7. The van der Waals surface area contributed by atoms with Crippen molar-refractivity contribution < 1.29 is 14.3 Å². The van der Waals surface area contributed by atoms with Gasteiger partial charge in [-0.1, -0.05) is 26.0 Å². The van der Waals surface area contributed by atoms with Gasteiger partial charge < -0.3 is 4.74 Å². The number of ether oxygens (including phenoxy) is 1. The van der Waals surface area contributed by atoms with Crippen LogP contribution in [-0.2, 0) is 17.9 Å². The summed E-state index contributed by atoms with van der Waals surface area (Å²) in [4.78, 5) is 37.1. The van der Waals surface area contributed by atoms with E-state index in [1.807, 2.05) is 31.2 Å². The van der Waals surface area contributed by atoms with Crippen LogP contribution in [0.4, 0.5) is 0 Å². The summed E-state index contributed by atoms with van der Waals surface area (Å²) in [5.41, 5.74) is 6.69. The molecule has 8 heteroatoms. The van der Waals surface area contributed by atoms with Crippen molar-refractivity contribution in [3.8, 4) is 5.75 Å². The van der Waals surface area contributed by atoms with E-state index in [0.29, 0.717) is 30.4 Å². The Bertz CT molecular complexity index is 1130. The zero-order valence-electron chi connectivity index (χ0n) is 18.8. The molecule has 0 saturated carbocycles. The molecule has 2 amide bonds. The van der Waals surface area contributed by atoms with E-state index in [-0.39, 0.29) is 24.6 Å². The Morgan fingerprint density at radius 2 is 1.62 bits per heavy atom. The number of para-hydroxylation sites is 2. The predicted octanol–water partition coefficient (Wildman–Crippen LogP) is 3.10. The van der Waals surface area contributed by atoms with Crippen LogP contribution in [0.1, 0.15) is 44.0 Å². The van der Waals surface area contributed by atoms with Gasteiger partial charge in [-0.05, 0) is 55.7 Å². The zero-order valence-corrected chi connectivity index (χ0v) is 18.8. The summed E-state index contributed by atoms with van der Waals surface area (Å²) in [6.07, 6.45) is 1.01. The molecule has 1 aromatic heterocycles. The van der Waals surface area contributed by atoms with Crippen molar-refractivity contribution in [2.24, 2.45) is 5.92 Å². The quantitative estimate of drug-likeness (QED) is 0.502. The van der Waals surface area contributed by atoms with Gasteiger partial charge in [-0.15, -0.1) is 0 Å². The first-order chi connectivity index (χ1) is 15.4. The lowest BCUT2D eigenvalue weighted by atomic mass is 10.1. The standard InChI is InChI=1S/C24H30N4O4/c1-4-27-20-7-5-6-8-21(20)28(24(27)31)15-13-22(29)25-26-23(30)18-9-11-19(12-10-18)32-16-14-17(2)3/h5-12,17H,4,13-16H2,1-3H3,(H,25,29)(H,26,30). The van der Waals surface area contributed by atoms with Crippen molar-refractivity contribution in [2.45, 2.75) is 46.7 Å². The number of nitrogens with zero attached hydrogens (tertiary/aromatic N) is 2. The molecular weight excluding hydrogens is 408 g/mol. The molecule has 0 unspecified atom stereocenters. The maximum atomic E-state index is 12.6. The second-order valence-corrected chi connectivity index (χ2v) is 7.97. The van der Waals surface area contributed by atoms with Crippen LogP contribution in [0.3, 0.4) is 0 Å². The number of fused-ring (bicyclic) bond motifs is 1. The third-order valence-electron chi connectivity index (χ3n) is 5.20. The highest BCUT2D eigenvalue weighted by Crippen LogP contribution is 2.14. The highest BCUT2D eigenvalue weighted by molar-refractivity contribution is 5.95. The van der Waals surface area contributed by atoms with Crippen molar-refractivity contribution in [3.63, 3.8) is 0 Å². The maximum Gasteiger partial charge on any atom is 0.329 e. The van der Waals surface area contributed by atoms with Crippen molar-refractivity contribution in [3.05, 3.63) is 64.6 Å². The molecule has 0 radical (unpaired) electrons. The minimum atomic E-state index is -0.424. The Hall–Kier alpha value is -3.55. The SMILES string of the molecule is CCn1c(=O)n(CCC(=O)NNC(=O)c2ccc(OCCC(C)C)cc2)c2ccccc21. The Morgan fingerprint density at radius 1 is 0.969 bits per heavy atom. The average Bonchev–Trinajstić information content (AvgIpc) is 3.06. The van der Waals surface area contributed by atoms with Crippen LogP contribution >= 0.6 is 0 Å². The Labute approximate surface area is 187 Å². The van der Waals surface area contributed by atoms with Gasteiger partial charge in [-0.3, -0.25) is 29.6 Å². The third-order valence-corrected chi connectivity index (χ3v) is 5.20. The molecule has 8 nitrogen and oxygen atoms in total. The van der Waals surface area contributed by atoms with E-state index in [2.05, 4.69) is 24.7 Å². The Balaban J connectivity index is 1.51. The fraction of sp³-hybridized carbons (Fsp3) is 0.375. The van der Waals surface area contributed by atoms with E-state index in [0.717, 1.165) is 17.5 Å². The summed E-state index contributed by atoms with van der Waals surface area (Å²) < 4.78 is 8.90. The van der Waals surface area contributed by atoms with Crippen LogP contribution in [0.25, 0.3) is 11.0 Å². The molecule has 2 N–H and O–H groups in total. The summed E-state index contributed by atoms with van der Waals surface area (Å²) in [6, 6.07) is 14.2. The number of aromatic nitrogens is 2. The number of aryl methyl sites for hydroxylation is 2. The molecule has 0 spiro atoms. The maximum absolute atomic E-state index is 12.6. The van der Waals surface area contributed by atoms with Crippen molar-refractivity contribution in [2.75, 3.05) is 6.61 Å². The number of hydrazine groups is 1. The van der Waals surface area contributed by atoms with Crippen LogP contribution in [0.5, 0.6) is 5.75 Å². The molecule has 3 aromatic rings. The first-order valence-electron chi connectivity index (χ1n) is 10.9. The Morgan fingerprint density at radius 3 is 2.25 bits per heavy atom. The monoisotopic (exact) mass is 438 g/mol. The topological polar surface area (TPSA) is 94.4 Å². The largest absolute Gasteiger partial charge is 0.494 e. The third kappa shape index (κ3) is 5.57. The van der Waals surface area contributed by atoms with Crippen LogP contribution in [-0.4, -0.2) is 27.6 Å². The van der Waals surface area contributed by atoms with Gasteiger partial charge >= 0.3 is 5.69 Å². The molecule has 0 aliphatic carbocycles. The highest BCUT2D eigenvalue weighted by Gasteiger charge is 2.13. The van der Waals surface area contributed by atoms with E-state index >= 15 is 0 Å². The summed E-state index contributed by atoms with van der Waals surface area (Å²) in [6.45, 7) is 7.57. The summed E-state index contributed by atoms with van der Waals surface area (Å²) in [5, 5.41) is 0. The van der Waals surface area contributed by atoms with E-state index in [9.17, 15) is 14.4 Å². The van der Waals surface area contributed by atoms with E-state index < -0.39 is 5.91 Å². The van der Waals surface area contributed by atoms with Crippen LogP contribution in [0.15, 0.2) is 53.3 Å². The molecule has 0 aliphatic rings. The van der Waals surface area contributed by atoms with Gasteiger partial charge in [0.05, 0.1) is 17.6 Å². The molecule has 1 heterocycles. The van der Waals surface area contributed by atoms with Crippen LogP contribution in [0, 0.1) is 5.92 Å². The first-order valence-corrected chi connectivity index (χ1v) is 10.9. The molecular formula is C24H30N4O4. The summed E-state index contributed by atoms with van der Waals surface area (Å²) >= 11 is 0. The van der Waals surface area contributed by atoms with Crippen molar-refractivity contribution >= 4 is 22.8 Å². The Kier molecular flexibility index (Phi) is 7.70. The van der Waals surface area contributed by atoms with Gasteiger partial charge in [0.15, 0.2) is 0 Å². The molecule has 3 rings (SSSR count). The van der Waals surface area contributed by atoms with E-state index in [4.69, 9.17) is 4.74 Å². The molecule has 0 atom stereocenters. The number of hydrogen-bond donors (Lipinski definition) is 2. The second-order valence-electron chi connectivity index (χ2n) is 7.97. The lowest BCUT2D eigenvalue weighted by Gasteiger charge is -2.10. The molecule has 32 heavy (non-hydrogen) atoms. The van der Waals surface area contributed by atoms with Gasteiger partial charge in [0, 0.05) is 25.1 Å². The molecule has 0 fully saturated rings. The lowest BCUT2D eigenvalue weighted by Crippen LogP contribution is -2.42. The normalized spacial score (nSPS) is 11.0. The molecule has 0 aliphatic heterocycles. The smallest absolute Gasteiger partial charge is 0.329 e. The van der Waals surface area contributed by atoms with E-state index in [1.54, 1.807) is 33.4 Å². The lowest BCUT2D eigenvalue weighted by molar-refractivity contribution is -0.122. The molecule has 0 saturated heterocycles. The average molecular weight is 439 g/mol. The van der Waals surface area contributed by atoms with Crippen LogP contribution < -0.4 is 21.3 Å². The van der Waals surface area contributed by atoms with E-state index in [1.165, 1.54) is 0 Å². The number of nitrogens with one attached hydrogen (secondary N) is 2. The zero-order chi connectivity index (χ0) is 23.1. The van der Waals surface area contributed by atoms with Gasteiger partial charge in [-0.25, -0.2) is 4.79 Å². The minimum absolute atomic E-state index is 0.0561. The van der Waals surface area contributed by atoms with Gasteiger partial charge in [0.2, 0.25) is 5.91 Å². The predicted molar refractivity (Wildman–Crippen MR) is 123 cm³/mol. The van der Waals surface area contributed by atoms with Crippen molar-refractivity contribution in [1.29, 1.82) is 0 Å². The molecule has 170 valence electrons. The van der Waals surface area contributed by atoms with Gasteiger partial charge in [0.25, 0.3) is 5.91 Å². The number of imidazole rings is 1. The minimum Gasteiger partial charge on any atom is -0.494 e. The fourth-order valence-electron chi connectivity index (χ4n) is 3.38. The molecule has 2 aromatic carbocycles. The first kappa shape index (κ1) is 23.1. The highest BCUT2D eigenvalue weighted by atomic mass is 16.5. The summed E-state index contributed by atoms with van der Waals surface area (Å²) in [5.74, 6) is 0.453. The van der Waals surface area contributed by atoms with Crippen molar-refractivity contribution in [1.82, 2.24) is 20.0 Å². The number of benzene rings is 2. The number of carbonyl (C=O) groups excluding carboxylic acids is 2. The number of amides is 2. The fourth-order valence-corrected chi connectivity index (χ4v) is 3.38. The van der Waals surface area contributed by atoms with Gasteiger partial charge in [-0.2, -0.15) is 0 Å². The number of rotatable bonds is 9.